The van der Waals surface area contributed by atoms with Crippen molar-refractivity contribution in [3.8, 4) is 0 Å². The minimum absolute atomic E-state index is 0.705. The van der Waals surface area contributed by atoms with Gasteiger partial charge in [-0.15, -0.1) is 0 Å². The number of fused-ring (bicyclic) bond motifs is 2. The van der Waals surface area contributed by atoms with E-state index in [4.69, 9.17) is 17.3 Å². The first-order chi connectivity index (χ1) is 7.77. The second-order valence-corrected chi connectivity index (χ2v) is 4.70. The summed E-state index contributed by atoms with van der Waals surface area (Å²) in [5.41, 5.74) is 10.4. The highest BCUT2D eigenvalue weighted by molar-refractivity contribution is 6.36. The molecule has 0 amide bonds. The van der Waals surface area contributed by atoms with Crippen LogP contribution in [0.2, 0.25) is 5.02 Å². The molecule has 0 atom stereocenters. The second-order valence-electron chi connectivity index (χ2n) is 4.29. The number of aryl methyl sites for hydroxylation is 1. The molecular formula is C13H13ClN2. The van der Waals surface area contributed by atoms with Gasteiger partial charge < -0.3 is 5.73 Å². The molecule has 1 aliphatic rings. The van der Waals surface area contributed by atoms with Crippen LogP contribution in [0.3, 0.4) is 0 Å². The number of nitrogens with zero attached hydrogens (tertiary/aromatic N) is 1. The molecule has 0 spiro atoms. The summed E-state index contributed by atoms with van der Waals surface area (Å²) in [6, 6.07) is 5.77. The molecule has 1 aromatic carbocycles. The van der Waals surface area contributed by atoms with Crippen LogP contribution in [-0.4, -0.2) is 4.98 Å². The van der Waals surface area contributed by atoms with Gasteiger partial charge in [-0.25, -0.2) is 0 Å². The van der Waals surface area contributed by atoms with Crippen LogP contribution < -0.4 is 5.73 Å². The molecule has 0 aliphatic heterocycles. The standard InChI is InChI=1S/C13H13ClN2/c14-9-5-3-7-11-12(9)13(15)8-4-1-2-6-10(8)16-11/h3,5,7H,1-2,4,6H2,(H2,15,16). The van der Waals surface area contributed by atoms with Crippen LogP contribution in [0.25, 0.3) is 10.9 Å². The lowest BCUT2D eigenvalue weighted by Crippen LogP contribution is -2.09. The predicted molar refractivity (Wildman–Crippen MR) is 67.8 cm³/mol. The Morgan fingerprint density at radius 3 is 2.88 bits per heavy atom. The molecule has 82 valence electrons. The van der Waals surface area contributed by atoms with Crippen molar-refractivity contribution in [2.24, 2.45) is 0 Å². The minimum Gasteiger partial charge on any atom is -0.398 e. The first-order valence-corrected chi connectivity index (χ1v) is 6.00. The van der Waals surface area contributed by atoms with Crippen LogP contribution in [0.15, 0.2) is 18.2 Å². The predicted octanol–water partition coefficient (Wildman–Crippen LogP) is 3.35. The molecule has 1 heterocycles. The van der Waals surface area contributed by atoms with Crippen LogP contribution in [0, 0.1) is 0 Å². The third-order valence-corrected chi connectivity index (χ3v) is 3.60. The minimum atomic E-state index is 0.705. The van der Waals surface area contributed by atoms with Crippen LogP contribution in [0.5, 0.6) is 0 Å². The van der Waals surface area contributed by atoms with Gasteiger partial charge in [0, 0.05) is 16.8 Å². The van der Waals surface area contributed by atoms with Crippen molar-refractivity contribution < 1.29 is 0 Å². The highest BCUT2D eigenvalue weighted by Gasteiger charge is 2.17. The Morgan fingerprint density at radius 1 is 1.19 bits per heavy atom. The number of hydrogen-bond acceptors (Lipinski definition) is 2. The van der Waals surface area contributed by atoms with Crippen molar-refractivity contribution in [1.29, 1.82) is 0 Å². The number of halogens is 1. The fourth-order valence-corrected chi connectivity index (χ4v) is 2.74. The van der Waals surface area contributed by atoms with Crippen LogP contribution in [0.1, 0.15) is 24.1 Å². The summed E-state index contributed by atoms with van der Waals surface area (Å²) in [4.78, 5) is 4.67. The highest BCUT2D eigenvalue weighted by atomic mass is 35.5. The van der Waals surface area contributed by atoms with E-state index in [1.807, 2.05) is 18.2 Å². The Bertz CT molecular complexity index is 563. The molecular weight excluding hydrogens is 220 g/mol. The number of nitrogen functional groups attached to an aromatic ring is 1. The van der Waals surface area contributed by atoms with Crippen LogP contribution in [-0.2, 0) is 12.8 Å². The smallest absolute Gasteiger partial charge is 0.0741 e. The highest BCUT2D eigenvalue weighted by Crippen LogP contribution is 2.34. The molecule has 2 N–H and O–H groups in total. The zero-order valence-electron chi connectivity index (χ0n) is 8.96. The van der Waals surface area contributed by atoms with Gasteiger partial charge in [-0.3, -0.25) is 4.98 Å². The lowest BCUT2D eigenvalue weighted by atomic mass is 9.93. The SMILES string of the molecule is Nc1c2c(nc3cccc(Cl)c13)CCCC2. The van der Waals surface area contributed by atoms with E-state index in [1.165, 1.54) is 24.1 Å². The zero-order chi connectivity index (χ0) is 11.1. The summed E-state index contributed by atoms with van der Waals surface area (Å²) in [5, 5.41) is 1.63. The van der Waals surface area contributed by atoms with Crippen molar-refractivity contribution in [2.75, 3.05) is 5.73 Å². The monoisotopic (exact) mass is 232 g/mol. The van der Waals surface area contributed by atoms with Gasteiger partial charge in [0.25, 0.3) is 0 Å². The van der Waals surface area contributed by atoms with E-state index in [9.17, 15) is 0 Å². The summed E-state index contributed by atoms with van der Waals surface area (Å²) in [5.74, 6) is 0. The van der Waals surface area contributed by atoms with E-state index >= 15 is 0 Å². The van der Waals surface area contributed by atoms with E-state index in [-0.39, 0.29) is 0 Å². The lowest BCUT2D eigenvalue weighted by Gasteiger charge is -2.18. The van der Waals surface area contributed by atoms with Gasteiger partial charge in [0.1, 0.15) is 0 Å². The summed E-state index contributed by atoms with van der Waals surface area (Å²) < 4.78 is 0. The first-order valence-electron chi connectivity index (χ1n) is 5.63. The fourth-order valence-electron chi connectivity index (χ4n) is 2.47. The number of anilines is 1. The van der Waals surface area contributed by atoms with E-state index in [0.717, 1.165) is 29.4 Å². The van der Waals surface area contributed by atoms with E-state index in [0.29, 0.717) is 5.02 Å². The maximum atomic E-state index is 6.22. The van der Waals surface area contributed by atoms with Crippen LogP contribution >= 0.6 is 11.6 Å². The van der Waals surface area contributed by atoms with E-state index < -0.39 is 0 Å². The van der Waals surface area contributed by atoms with Gasteiger partial charge in [0.05, 0.1) is 10.5 Å². The number of rotatable bonds is 0. The molecule has 2 aromatic rings. The van der Waals surface area contributed by atoms with Gasteiger partial charge in [0.15, 0.2) is 0 Å². The second kappa shape index (κ2) is 3.63. The van der Waals surface area contributed by atoms with Gasteiger partial charge >= 0.3 is 0 Å². The van der Waals surface area contributed by atoms with Crippen LogP contribution in [0.4, 0.5) is 5.69 Å². The Labute approximate surface area is 99.4 Å². The lowest BCUT2D eigenvalue weighted by molar-refractivity contribution is 0.673. The first kappa shape index (κ1) is 9.91. The van der Waals surface area contributed by atoms with Crippen molar-refractivity contribution in [3.63, 3.8) is 0 Å². The summed E-state index contributed by atoms with van der Waals surface area (Å²) in [6.07, 6.45) is 4.50. The molecule has 3 rings (SSSR count). The van der Waals surface area contributed by atoms with Gasteiger partial charge in [-0.2, -0.15) is 0 Å². The molecule has 0 unspecified atom stereocenters. The largest absolute Gasteiger partial charge is 0.398 e. The quantitative estimate of drug-likeness (QED) is 0.757. The fraction of sp³-hybridized carbons (Fsp3) is 0.308. The third kappa shape index (κ3) is 1.37. The zero-order valence-corrected chi connectivity index (χ0v) is 9.72. The van der Waals surface area contributed by atoms with Crippen molar-refractivity contribution >= 4 is 28.2 Å². The molecule has 0 fully saturated rings. The van der Waals surface area contributed by atoms with Gasteiger partial charge in [-0.1, -0.05) is 17.7 Å². The average molecular weight is 233 g/mol. The number of benzene rings is 1. The maximum absolute atomic E-state index is 6.22. The molecule has 3 heteroatoms. The number of hydrogen-bond donors (Lipinski definition) is 1. The number of nitrogens with two attached hydrogens (primary N) is 1. The molecule has 16 heavy (non-hydrogen) atoms. The topological polar surface area (TPSA) is 38.9 Å². The Balaban J connectivity index is 2.40. The summed E-state index contributed by atoms with van der Waals surface area (Å²) in [7, 11) is 0. The normalized spacial score (nSPS) is 15.1. The molecule has 0 saturated heterocycles. The third-order valence-electron chi connectivity index (χ3n) is 3.28. The maximum Gasteiger partial charge on any atom is 0.0741 e. The summed E-state index contributed by atoms with van der Waals surface area (Å²) in [6.45, 7) is 0. The molecule has 0 saturated carbocycles. The van der Waals surface area contributed by atoms with Crippen molar-refractivity contribution in [2.45, 2.75) is 25.7 Å². The molecule has 2 nitrogen and oxygen atoms in total. The molecule has 1 aromatic heterocycles. The summed E-state index contributed by atoms with van der Waals surface area (Å²) >= 11 is 6.18. The van der Waals surface area contributed by atoms with E-state index in [2.05, 4.69) is 4.98 Å². The Hall–Kier alpha value is -1.28. The molecule has 0 radical (unpaired) electrons. The van der Waals surface area contributed by atoms with E-state index in [1.54, 1.807) is 0 Å². The van der Waals surface area contributed by atoms with Gasteiger partial charge in [0.2, 0.25) is 0 Å². The van der Waals surface area contributed by atoms with Crippen molar-refractivity contribution in [1.82, 2.24) is 4.98 Å². The molecule has 1 aliphatic carbocycles. The Kier molecular flexibility index (Phi) is 2.25. The number of aromatic nitrogens is 1. The Morgan fingerprint density at radius 2 is 2.00 bits per heavy atom. The van der Waals surface area contributed by atoms with Crippen molar-refractivity contribution in [3.05, 3.63) is 34.5 Å². The number of pyridine rings is 1. The van der Waals surface area contributed by atoms with Gasteiger partial charge in [-0.05, 0) is 43.4 Å². The average Bonchev–Trinajstić information content (AvgIpc) is 2.29. The molecule has 0 bridgehead atoms.